The van der Waals surface area contributed by atoms with Crippen LogP contribution in [0.5, 0.6) is 0 Å². The fraction of sp³-hybridized carbons (Fsp3) is 0.619. The second-order valence-corrected chi connectivity index (χ2v) is 8.20. The Hall–Kier alpha value is -1.68. The molecule has 1 aliphatic carbocycles. The summed E-state index contributed by atoms with van der Waals surface area (Å²) >= 11 is 0. The van der Waals surface area contributed by atoms with Crippen LogP contribution in [0.1, 0.15) is 74.2 Å². The third-order valence-electron chi connectivity index (χ3n) is 6.34. The van der Waals surface area contributed by atoms with Crippen LogP contribution in [0.4, 0.5) is 5.69 Å². The quantitative estimate of drug-likeness (QED) is 0.782. The number of amides is 1. The molecule has 134 valence electrons. The second kappa shape index (κ2) is 6.56. The molecule has 1 saturated carbocycles. The number of nitrogens with zero attached hydrogens (tertiary/aromatic N) is 2. The summed E-state index contributed by atoms with van der Waals surface area (Å²) < 4.78 is 0. The van der Waals surface area contributed by atoms with Crippen LogP contribution in [0.2, 0.25) is 0 Å². The van der Waals surface area contributed by atoms with E-state index in [1.165, 1.54) is 38.5 Å². The average Bonchev–Trinajstić information content (AvgIpc) is 2.86. The van der Waals surface area contributed by atoms with Crippen molar-refractivity contribution in [3.63, 3.8) is 0 Å². The molecule has 2 heterocycles. The maximum Gasteiger partial charge on any atom is 0.300 e. The zero-order valence-corrected chi connectivity index (χ0v) is 15.3. The monoisotopic (exact) mass is 340 g/mol. The summed E-state index contributed by atoms with van der Waals surface area (Å²) in [5, 5.41) is 0. The van der Waals surface area contributed by atoms with E-state index in [9.17, 15) is 9.59 Å². The van der Waals surface area contributed by atoms with Crippen molar-refractivity contribution in [3.05, 3.63) is 29.3 Å². The van der Waals surface area contributed by atoms with E-state index >= 15 is 0 Å². The summed E-state index contributed by atoms with van der Waals surface area (Å²) in [6.07, 6.45) is 7.72. The number of carbonyl (C=O) groups excluding carboxylic acids is 2. The van der Waals surface area contributed by atoms with Gasteiger partial charge in [-0.2, -0.15) is 0 Å². The Morgan fingerprint density at radius 3 is 2.64 bits per heavy atom. The Morgan fingerprint density at radius 1 is 1.08 bits per heavy atom. The van der Waals surface area contributed by atoms with Gasteiger partial charge in [-0.25, -0.2) is 0 Å². The van der Waals surface area contributed by atoms with E-state index in [0.717, 1.165) is 23.7 Å². The minimum Gasteiger partial charge on any atom is -0.291 e. The first kappa shape index (κ1) is 16.8. The minimum atomic E-state index is -0.353. The minimum absolute atomic E-state index is 0.338. The number of carbonyl (C=O) groups is 2. The molecule has 1 amide bonds. The lowest BCUT2D eigenvalue weighted by Crippen LogP contribution is -2.52. The highest BCUT2D eigenvalue weighted by atomic mass is 16.2. The summed E-state index contributed by atoms with van der Waals surface area (Å²) in [4.78, 5) is 29.3. The molecule has 0 bridgehead atoms. The van der Waals surface area contributed by atoms with Gasteiger partial charge >= 0.3 is 5.91 Å². The largest absolute Gasteiger partial charge is 0.300 e. The smallest absolute Gasteiger partial charge is 0.291 e. The topological polar surface area (TPSA) is 40.6 Å². The Morgan fingerprint density at radius 2 is 1.84 bits per heavy atom. The van der Waals surface area contributed by atoms with Crippen molar-refractivity contribution in [2.75, 3.05) is 18.1 Å². The average molecular weight is 340 g/mol. The third kappa shape index (κ3) is 2.91. The Bertz CT molecular complexity index is 695. The molecule has 0 unspecified atom stereocenters. The fourth-order valence-corrected chi connectivity index (χ4v) is 4.90. The van der Waals surface area contributed by atoms with Crippen molar-refractivity contribution in [3.8, 4) is 0 Å². The van der Waals surface area contributed by atoms with Crippen LogP contribution in [-0.2, 0) is 4.79 Å². The highest BCUT2D eigenvalue weighted by molar-refractivity contribution is 6.52. The van der Waals surface area contributed by atoms with Gasteiger partial charge in [0.2, 0.25) is 0 Å². The van der Waals surface area contributed by atoms with Crippen molar-refractivity contribution in [1.82, 2.24) is 4.90 Å². The molecule has 2 fully saturated rings. The number of anilines is 1. The first-order chi connectivity index (χ1) is 12.1. The zero-order valence-electron chi connectivity index (χ0n) is 15.3. The Balaban J connectivity index is 1.59. The number of fused-ring (bicyclic) bond motifs is 2. The van der Waals surface area contributed by atoms with Crippen LogP contribution in [-0.4, -0.2) is 35.8 Å². The first-order valence-corrected chi connectivity index (χ1v) is 9.80. The Labute approximate surface area is 150 Å². The van der Waals surface area contributed by atoms with Crippen molar-refractivity contribution in [2.45, 2.75) is 64.3 Å². The molecular weight excluding hydrogens is 312 g/mol. The number of likely N-dealkylation sites (tertiary alicyclic amines) is 1. The zero-order chi connectivity index (χ0) is 17.6. The van der Waals surface area contributed by atoms with E-state index in [0.29, 0.717) is 24.2 Å². The molecule has 0 spiro atoms. The van der Waals surface area contributed by atoms with Gasteiger partial charge in [0, 0.05) is 12.6 Å². The molecule has 1 saturated heterocycles. The maximum atomic E-state index is 12.6. The molecule has 1 aromatic rings. The van der Waals surface area contributed by atoms with Crippen LogP contribution >= 0.6 is 0 Å². The molecule has 0 radical (unpaired) electrons. The van der Waals surface area contributed by atoms with E-state index in [4.69, 9.17) is 0 Å². The SMILES string of the molecule is CC(C)c1ccc2c(c1)C(=O)C(=O)N2CN1CCC[C@H]2CCCC[C@@H]21. The number of hydrogen-bond donors (Lipinski definition) is 0. The summed E-state index contributed by atoms with van der Waals surface area (Å²) in [5.41, 5.74) is 2.51. The third-order valence-corrected chi connectivity index (χ3v) is 6.34. The summed E-state index contributed by atoms with van der Waals surface area (Å²) in [6.45, 7) is 5.83. The van der Waals surface area contributed by atoms with E-state index < -0.39 is 0 Å². The number of hydrogen-bond acceptors (Lipinski definition) is 3. The van der Waals surface area contributed by atoms with Gasteiger partial charge in [0.1, 0.15) is 0 Å². The van der Waals surface area contributed by atoms with Gasteiger partial charge < -0.3 is 0 Å². The molecule has 2 aliphatic heterocycles. The molecule has 0 aromatic heterocycles. The lowest BCUT2D eigenvalue weighted by molar-refractivity contribution is -0.115. The molecule has 0 N–H and O–H groups in total. The fourth-order valence-electron chi connectivity index (χ4n) is 4.90. The van der Waals surface area contributed by atoms with Crippen molar-refractivity contribution < 1.29 is 9.59 Å². The molecule has 3 aliphatic rings. The lowest BCUT2D eigenvalue weighted by Gasteiger charge is -2.45. The predicted molar refractivity (Wildman–Crippen MR) is 98.9 cm³/mol. The molecule has 4 nitrogen and oxygen atoms in total. The van der Waals surface area contributed by atoms with Crippen molar-refractivity contribution >= 4 is 17.4 Å². The summed E-state index contributed by atoms with van der Waals surface area (Å²) in [7, 11) is 0. The molecule has 25 heavy (non-hydrogen) atoms. The lowest BCUT2D eigenvalue weighted by atomic mass is 9.78. The predicted octanol–water partition coefficient (Wildman–Crippen LogP) is 3.95. The van der Waals surface area contributed by atoms with Crippen molar-refractivity contribution in [2.24, 2.45) is 5.92 Å². The highest BCUT2D eigenvalue weighted by Crippen LogP contribution is 2.37. The van der Waals surface area contributed by atoms with Crippen LogP contribution < -0.4 is 4.90 Å². The van der Waals surface area contributed by atoms with E-state index in [1.807, 2.05) is 12.1 Å². The normalized spacial score (nSPS) is 26.9. The molecule has 2 atom stereocenters. The molecule has 4 heteroatoms. The molecule has 1 aromatic carbocycles. The second-order valence-electron chi connectivity index (χ2n) is 8.20. The van der Waals surface area contributed by atoms with Crippen molar-refractivity contribution in [1.29, 1.82) is 0 Å². The first-order valence-electron chi connectivity index (χ1n) is 9.80. The standard InChI is InChI=1S/C21H28N2O2/c1-14(2)16-9-10-19-17(12-16)20(24)21(25)23(19)13-22-11-5-7-15-6-3-4-8-18(15)22/h9-10,12,14-15,18H,3-8,11,13H2,1-2H3/t15-,18+/m1/s1. The van der Waals surface area contributed by atoms with E-state index in [2.05, 4.69) is 24.8 Å². The summed E-state index contributed by atoms with van der Waals surface area (Å²) in [5.74, 6) is 0.439. The Kier molecular flexibility index (Phi) is 4.40. The summed E-state index contributed by atoms with van der Waals surface area (Å²) in [6, 6.07) is 6.53. The number of rotatable bonds is 3. The highest BCUT2D eigenvalue weighted by Gasteiger charge is 2.40. The van der Waals surface area contributed by atoms with Crippen LogP contribution in [0.3, 0.4) is 0 Å². The van der Waals surface area contributed by atoms with Gasteiger partial charge in [0.15, 0.2) is 0 Å². The number of benzene rings is 1. The molecular formula is C21H28N2O2. The van der Waals surface area contributed by atoms with Gasteiger partial charge in [0.25, 0.3) is 5.78 Å². The van der Waals surface area contributed by atoms with Crippen LogP contribution in [0, 0.1) is 5.92 Å². The van der Waals surface area contributed by atoms with Crippen LogP contribution in [0.15, 0.2) is 18.2 Å². The number of Topliss-reactive ketones (excluding diaryl/α,β-unsaturated/α-hetero) is 1. The van der Waals surface area contributed by atoms with Crippen LogP contribution in [0.25, 0.3) is 0 Å². The van der Waals surface area contributed by atoms with Gasteiger partial charge in [0.05, 0.1) is 17.9 Å². The van der Waals surface area contributed by atoms with Gasteiger partial charge in [-0.15, -0.1) is 0 Å². The van der Waals surface area contributed by atoms with Gasteiger partial charge in [-0.05, 0) is 55.2 Å². The van der Waals surface area contributed by atoms with Gasteiger partial charge in [-0.1, -0.05) is 32.8 Å². The number of ketones is 1. The van der Waals surface area contributed by atoms with E-state index in [1.54, 1.807) is 4.90 Å². The maximum absolute atomic E-state index is 12.6. The number of piperidine rings is 1. The van der Waals surface area contributed by atoms with Gasteiger partial charge in [-0.3, -0.25) is 19.4 Å². The molecule has 4 rings (SSSR count). The van der Waals surface area contributed by atoms with E-state index in [-0.39, 0.29) is 11.7 Å².